The number of carbonyl (C=O) groups excluding carboxylic acids is 1. The summed E-state index contributed by atoms with van der Waals surface area (Å²) in [6, 6.07) is 9.67. The van der Waals surface area contributed by atoms with Gasteiger partial charge in [0.2, 0.25) is 11.7 Å². The maximum atomic E-state index is 12.4. The van der Waals surface area contributed by atoms with E-state index in [1.54, 1.807) is 28.4 Å². The van der Waals surface area contributed by atoms with Crippen LogP contribution in [-0.4, -0.2) is 52.8 Å². The molecule has 0 aliphatic carbocycles. The second-order valence-electron chi connectivity index (χ2n) is 6.80. The minimum atomic E-state index is -0.0760. The van der Waals surface area contributed by atoms with E-state index in [4.69, 9.17) is 18.9 Å². The molecule has 0 aromatic heterocycles. The van der Waals surface area contributed by atoms with Crippen LogP contribution in [0.1, 0.15) is 16.7 Å². The smallest absolute Gasteiger partial charge is 0.234 e. The van der Waals surface area contributed by atoms with Gasteiger partial charge in [0.15, 0.2) is 11.5 Å². The minimum Gasteiger partial charge on any atom is -0.496 e. The third-order valence-corrected chi connectivity index (χ3v) is 4.50. The lowest BCUT2D eigenvalue weighted by atomic mass is 10.1. The highest BCUT2D eigenvalue weighted by molar-refractivity contribution is 5.78. The van der Waals surface area contributed by atoms with Crippen LogP contribution < -0.4 is 24.3 Å². The van der Waals surface area contributed by atoms with E-state index in [0.717, 1.165) is 22.4 Å². The molecule has 0 heterocycles. The molecule has 0 unspecified atom stereocenters. The maximum absolute atomic E-state index is 12.4. The molecule has 29 heavy (non-hydrogen) atoms. The molecule has 0 atom stereocenters. The summed E-state index contributed by atoms with van der Waals surface area (Å²) in [6.45, 7) is 3.27. The van der Waals surface area contributed by atoms with E-state index < -0.39 is 0 Å². The van der Waals surface area contributed by atoms with E-state index in [2.05, 4.69) is 11.4 Å². The second kappa shape index (κ2) is 10.6. The fourth-order valence-corrected chi connectivity index (χ4v) is 3.12. The fraction of sp³-hybridized carbons (Fsp3) is 0.409. The zero-order valence-corrected chi connectivity index (χ0v) is 18.0. The van der Waals surface area contributed by atoms with Crippen LogP contribution in [0.15, 0.2) is 30.3 Å². The van der Waals surface area contributed by atoms with Crippen LogP contribution in [0, 0.1) is 6.92 Å². The van der Waals surface area contributed by atoms with Gasteiger partial charge in [0.25, 0.3) is 0 Å². The van der Waals surface area contributed by atoms with Crippen molar-refractivity contribution in [1.29, 1.82) is 0 Å². The van der Waals surface area contributed by atoms with Crippen molar-refractivity contribution in [3.8, 4) is 23.0 Å². The fourth-order valence-electron chi connectivity index (χ4n) is 3.12. The van der Waals surface area contributed by atoms with E-state index in [0.29, 0.717) is 30.3 Å². The molecule has 0 bridgehead atoms. The van der Waals surface area contributed by atoms with E-state index in [-0.39, 0.29) is 12.5 Å². The largest absolute Gasteiger partial charge is 0.496 e. The Bertz CT molecular complexity index is 813. The van der Waals surface area contributed by atoms with Crippen molar-refractivity contribution in [1.82, 2.24) is 10.2 Å². The molecular weight excluding hydrogens is 372 g/mol. The Labute approximate surface area is 172 Å². The van der Waals surface area contributed by atoms with Gasteiger partial charge < -0.3 is 24.3 Å². The number of hydrogen-bond acceptors (Lipinski definition) is 6. The summed E-state index contributed by atoms with van der Waals surface area (Å²) in [5.74, 6) is 2.38. The van der Waals surface area contributed by atoms with Gasteiger partial charge in [-0.3, -0.25) is 9.69 Å². The van der Waals surface area contributed by atoms with E-state index in [1.165, 1.54) is 0 Å². The van der Waals surface area contributed by atoms with Gasteiger partial charge in [0.05, 0.1) is 35.0 Å². The normalized spacial score (nSPS) is 10.6. The number of nitrogens with zero attached hydrogens (tertiary/aromatic N) is 1. The molecule has 7 heteroatoms. The first-order valence-corrected chi connectivity index (χ1v) is 9.29. The number of hydrogen-bond donors (Lipinski definition) is 1. The zero-order valence-electron chi connectivity index (χ0n) is 18.0. The third-order valence-electron chi connectivity index (χ3n) is 4.50. The van der Waals surface area contributed by atoms with Crippen molar-refractivity contribution < 1.29 is 23.7 Å². The van der Waals surface area contributed by atoms with Crippen LogP contribution in [-0.2, 0) is 17.9 Å². The van der Waals surface area contributed by atoms with Crippen molar-refractivity contribution in [3.63, 3.8) is 0 Å². The van der Waals surface area contributed by atoms with Crippen molar-refractivity contribution in [2.45, 2.75) is 20.0 Å². The van der Waals surface area contributed by atoms with Crippen LogP contribution in [0.5, 0.6) is 23.0 Å². The van der Waals surface area contributed by atoms with Crippen LogP contribution in [0.25, 0.3) is 0 Å². The summed E-state index contributed by atoms with van der Waals surface area (Å²) in [4.78, 5) is 14.3. The molecule has 158 valence electrons. The number of benzene rings is 2. The number of ether oxygens (including phenoxy) is 4. The van der Waals surface area contributed by atoms with Gasteiger partial charge in [-0.1, -0.05) is 17.7 Å². The summed E-state index contributed by atoms with van der Waals surface area (Å²) in [7, 11) is 8.24. The SMILES string of the molecule is COc1ccc(C)cc1CN(C)CC(=O)NCc1cc(OC)c(OC)c(OC)c1. The number of rotatable bonds is 10. The first-order valence-electron chi connectivity index (χ1n) is 9.29. The number of aryl methyl sites for hydroxylation is 1. The Hall–Kier alpha value is -2.93. The predicted octanol–water partition coefficient (Wildman–Crippen LogP) is 2.78. The highest BCUT2D eigenvalue weighted by Gasteiger charge is 2.14. The van der Waals surface area contributed by atoms with Crippen molar-refractivity contribution in [3.05, 3.63) is 47.0 Å². The van der Waals surface area contributed by atoms with Gasteiger partial charge in [-0.2, -0.15) is 0 Å². The monoisotopic (exact) mass is 402 g/mol. The summed E-state index contributed by atoms with van der Waals surface area (Å²) in [5.41, 5.74) is 3.06. The molecule has 7 nitrogen and oxygen atoms in total. The molecule has 0 saturated carbocycles. The molecule has 2 aromatic carbocycles. The number of nitrogens with one attached hydrogen (secondary N) is 1. The Balaban J connectivity index is 1.97. The Kier molecular flexibility index (Phi) is 8.15. The predicted molar refractivity (Wildman–Crippen MR) is 112 cm³/mol. The standard InChI is InChI=1S/C22H30N2O5/c1-15-7-8-18(26-3)17(9-15)13-24(2)14-21(25)23-12-16-10-19(27-4)22(29-6)20(11-16)28-5/h7-11H,12-14H2,1-6H3,(H,23,25). The quantitative estimate of drug-likeness (QED) is 0.659. The molecule has 0 fully saturated rings. The summed E-state index contributed by atoms with van der Waals surface area (Å²) < 4.78 is 21.4. The van der Waals surface area contributed by atoms with Gasteiger partial charge in [-0.25, -0.2) is 0 Å². The topological polar surface area (TPSA) is 69.3 Å². The molecule has 2 aromatic rings. The molecule has 0 spiro atoms. The number of amides is 1. The Morgan fingerprint density at radius 1 is 0.931 bits per heavy atom. The third kappa shape index (κ3) is 6.02. The van der Waals surface area contributed by atoms with E-state index in [1.807, 2.05) is 43.1 Å². The lowest BCUT2D eigenvalue weighted by molar-refractivity contribution is -0.122. The first-order chi connectivity index (χ1) is 13.9. The average Bonchev–Trinajstić information content (AvgIpc) is 2.71. The molecule has 1 amide bonds. The lowest BCUT2D eigenvalue weighted by Crippen LogP contribution is -2.34. The molecule has 0 radical (unpaired) electrons. The van der Waals surface area contributed by atoms with Crippen LogP contribution in [0.4, 0.5) is 0 Å². The van der Waals surface area contributed by atoms with Crippen molar-refractivity contribution in [2.24, 2.45) is 0 Å². The van der Waals surface area contributed by atoms with Gasteiger partial charge in [0.1, 0.15) is 5.75 Å². The number of carbonyl (C=O) groups is 1. The summed E-state index contributed by atoms with van der Waals surface area (Å²) >= 11 is 0. The number of likely N-dealkylation sites (N-methyl/N-ethyl adjacent to an activating group) is 1. The van der Waals surface area contributed by atoms with Gasteiger partial charge >= 0.3 is 0 Å². The molecule has 0 aliphatic rings. The van der Waals surface area contributed by atoms with Crippen LogP contribution in [0.2, 0.25) is 0 Å². The molecule has 0 saturated heterocycles. The zero-order chi connectivity index (χ0) is 21.4. The Morgan fingerprint density at radius 3 is 2.10 bits per heavy atom. The van der Waals surface area contributed by atoms with E-state index in [9.17, 15) is 4.79 Å². The minimum absolute atomic E-state index is 0.0760. The van der Waals surface area contributed by atoms with E-state index >= 15 is 0 Å². The van der Waals surface area contributed by atoms with Crippen LogP contribution in [0.3, 0.4) is 0 Å². The van der Waals surface area contributed by atoms with Crippen LogP contribution >= 0.6 is 0 Å². The van der Waals surface area contributed by atoms with Gasteiger partial charge in [0, 0.05) is 18.7 Å². The first kappa shape index (κ1) is 22.4. The van der Waals surface area contributed by atoms with Gasteiger partial charge in [-0.15, -0.1) is 0 Å². The molecule has 1 N–H and O–H groups in total. The molecular formula is C22H30N2O5. The summed E-state index contributed by atoms with van der Waals surface area (Å²) in [6.07, 6.45) is 0. The highest BCUT2D eigenvalue weighted by Crippen LogP contribution is 2.38. The lowest BCUT2D eigenvalue weighted by Gasteiger charge is -2.19. The molecule has 2 rings (SSSR count). The second-order valence-corrected chi connectivity index (χ2v) is 6.80. The summed E-state index contributed by atoms with van der Waals surface area (Å²) in [5, 5.41) is 2.93. The highest BCUT2D eigenvalue weighted by atomic mass is 16.5. The average molecular weight is 402 g/mol. The van der Waals surface area contributed by atoms with Crippen molar-refractivity contribution in [2.75, 3.05) is 42.0 Å². The van der Waals surface area contributed by atoms with Crippen molar-refractivity contribution >= 4 is 5.91 Å². The maximum Gasteiger partial charge on any atom is 0.234 e. The number of methoxy groups -OCH3 is 4. The van der Waals surface area contributed by atoms with Gasteiger partial charge in [-0.05, 0) is 37.7 Å². The molecule has 0 aliphatic heterocycles. The Morgan fingerprint density at radius 2 is 1.55 bits per heavy atom.